The Morgan fingerprint density at radius 1 is 1.10 bits per heavy atom. The average Bonchev–Trinajstić information content (AvgIpc) is 2.70. The minimum Gasteiger partial charge on any atom is -0.478 e. The smallest absolute Gasteiger partial charge is 0.336 e. The Bertz CT molecular complexity index is 629. The van der Waals surface area contributed by atoms with Gasteiger partial charge in [0.25, 0.3) is 5.91 Å². The number of nitrogens with one attached hydrogen (secondary N) is 1. The van der Waals surface area contributed by atoms with Crippen LogP contribution in [0.3, 0.4) is 0 Å². The molecule has 2 amide bonds. The van der Waals surface area contributed by atoms with Gasteiger partial charge in [0, 0.05) is 37.7 Å². The molecule has 0 heterocycles. The van der Waals surface area contributed by atoms with Gasteiger partial charge < -0.3 is 25.5 Å². The van der Waals surface area contributed by atoms with Gasteiger partial charge in [0.15, 0.2) is 0 Å². The Kier molecular flexibility index (Phi) is 14.5. The van der Waals surface area contributed by atoms with E-state index in [1.807, 2.05) is 21.0 Å². The molecule has 8 nitrogen and oxygen atoms in total. The first-order valence-corrected chi connectivity index (χ1v) is 11.2. The fraction of sp³-hybridized carbons (Fsp3) is 0.696. The number of likely N-dealkylation sites (N-methyl/N-ethyl adjacent to an activating group) is 1. The number of rotatable bonds is 17. The lowest BCUT2D eigenvalue weighted by Gasteiger charge is -2.31. The van der Waals surface area contributed by atoms with Gasteiger partial charge in [-0.25, -0.2) is 4.79 Å². The zero-order valence-corrected chi connectivity index (χ0v) is 19.9. The summed E-state index contributed by atoms with van der Waals surface area (Å²) in [5.74, 6) is -1.16. The minimum atomic E-state index is -0.979. The van der Waals surface area contributed by atoms with Gasteiger partial charge in [-0.15, -0.1) is 0 Å². The van der Waals surface area contributed by atoms with Crippen molar-refractivity contribution >= 4 is 17.8 Å². The molecule has 0 aromatic heterocycles. The molecule has 0 unspecified atom stereocenters. The zero-order chi connectivity index (χ0) is 23.9. The van der Waals surface area contributed by atoms with Gasteiger partial charge in [0.05, 0.1) is 26.2 Å². The van der Waals surface area contributed by atoms with Crippen molar-refractivity contribution in [3.05, 3.63) is 23.9 Å². The number of nitrogens with two attached hydrogens (primary N) is 1. The van der Waals surface area contributed by atoms with Crippen LogP contribution in [-0.4, -0.2) is 79.1 Å². The van der Waals surface area contributed by atoms with Gasteiger partial charge in [0.1, 0.15) is 6.54 Å². The summed E-state index contributed by atoms with van der Waals surface area (Å²) in [6, 6.07) is 0. The first-order chi connectivity index (χ1) is 14.5. The predicted octanol–water partition coefficient (Wildman–Crippen LogP) is 2.26. The van der Waals surface area contributed by atoms with Crippen molar-refractivity contribution < 1.29 is 24.0 Å². The molecule has 0 saturated heterocycles. The second-order valence-corrected chi connectivity index (χ2v) is 8.72. The van der Waals surface area contributed by atoms with Crippen LogP contribution < -0.4 is 11.1 Å². The molecule has 0 aliphatic carbocycles. The van der Waals surface area contributed by atoms with E-state index in [0.717, 1.165) is 45.1 Å². The number of aliphatic carboxylic acids is 1. The Morgan fingerprint density at radius 3 is 2.32 bits per heavy atom. The second kappa shape index (κ2) is 15.6. The molecule has 0 spiro atoms. The van der Waals surface area contributed by atoms with Crippen LogP contribution in [0, 0.1) is 0 Å². The maximum atomic E-state index is 12.8. The number of carboxylic acids is 1. The molecule has 0 aromatic carbocycles. The number of nitrogens with zero attached hydrogens (tertiary/aromatic N) is 2. The van der Waals surface area contributed by atoms with E-state index < -0.39 is 5.97 Å². The Balaban J connectivity index is 4.60. The molecule has 31 heavy (non-hydrogen) atoms. The second-order valence-electron chi connectivity index (χ2n) is 8.72. The Morgan fingerprint density at radius 2 is 1.74 bits per heavy atom. The summed E-state index contributed by atoms with van der Waals surface area (Å²) >= 11 is 0. The molecule has 0 rings (SSSR count). The van der Waals surface area contributed by atoms with E-state index in [4.69, 9.17) is 10.8 Å². The molecule has 0 fully saturated rings. The molecule has 0 aliphatic heterocycles. The lowest BCUT2D eigenvalue weighted by Crippen LogP contribution is -2.44. The quantitative estimate of drug-likeness (QED) is 0.183. The summed E-state index contributed by atoms with van der Waals surface area (Å²) in [7, 11) is 3.91. The van der Waals surface area contributed by atoms with E-state index in [2.05, 4.69) is 11.9 Å². The third-order valence-electron chi connectivity index (χ3n) is 5.04. The fourth-order valence-electron chi connectivity index (χ4n) is 3.29. The number of carboxylic acid groups (broad SMARTS) is 1. The largest absolute Gasteiger partial charge is 0.478 e. The summed E-state index contributed by atoms with van der Waals surface area (Å²) in [5.41, 5.74) is 6.14. The van der Waals surface area contributed by atoms with Crippen LogP contribution in [0.2, 0.25) is 0 Å². The van der Waals surface area contributed by atoms with Gasteiger partial charge >= 0.3 is 5.97 Å². The average molecular weight is 440 g/mol. The van der Waals surface area contributed by atoms with Gasteiger partial charge in [-0.05, 0) is 32.7 Å². The summed E-state index contributed by atoms with van der Waals surface area (Å²) in [4.78, 5) is 37.6. The van der Waals surface area contributed by atoms with Gasteiger partial charge in [0.2, 0.25) is 5.91 Å². The molecule has 0 radical (unpaired) electrons. The van der Waals surface area contributed by atoms with E-state index in [-0.39, 0.29) is 17.4 Å². The lowest BCUT2D eigenvalue weighted by molar-refractivity contribution is -0.885. The molecular formula is C23H43N4O4+. The topological polar surface area (TPSA) is 113 Å². The molecule has 4 N–H and O–H groups in total. The van der Waals surface area contributed by atoms with Crippen LogP contribution >= 0.6 is 0 Å². The maximum absolute atomic E-state index is 12.8. The molecule has 178 valence electrons. The first-order valence-electron chi connectivity index (χ1n) is 11.2. The van der Waals surface area contributed by atoms with Crippen molar-refractivity contribution in [3.63, 3.8) is 0 Å². The summed E-state index contributed by atoms with van der Waals surface area (Å²) in [6.45, 7) is 10.3. The normalized spacial score (nSPS) is 11.8. The van der Waals surface area contributed by atoms with Crippen LogP contribution in [0.25, 0.3) is 0 Å². The molecule has 0 bridgehead atoms. The molecule has 0 aliphatic rings. The number of carbonyl (C=O) groups is 3. The van der Waals surface area contributed by atoms with Crippen LogP contribution in [-0.2, 0) is 14.4 Å². The first kappa shape index (κ1) is 28.8. The van der Waals surface area contributed by atoms with Crippen LogP contribution in [0.5, 0.6) is 0 Å². The highest BCUT2D eigenvalue weighted by atomic mass is 16.4. The van der Waals surface area contributed by atoms with Crippen molar-refractivity contribution in [2.24, 2.45) is 5.73 Å². The Labute approximate surface area is 187 Å². The van der Waals surface area contributed by atoms with Gasteiger partial charge in [-0.1, -0.05) is 26.3 Å². The highest BCUT2D eigenvalue weighted by Gasteiger charge is 2.21. The summed E-state index contributed by atoms with van der Waals surface area (Å²) in [5, 5.41) is 11.8. The monoisotopic (exact) mass is 439 g/mol. The van der Waals surface area contributed by atoms with E-state index in [0.29, 0.717) is 42.7 Å². The standard InChI is InChI=1S/C23H42N4O4/c1-6-14-26(15-11-16-27(4,5)18-20(3)23(30)31)22(29)19(2)17-25-21(28)12-9-7-8-10-13-24/h17H,3,6-16,18,24H2,1-2,4-5H3,(H-,25,28,29,30,31)/p+1. The maximum Gasteiger partial charge on any atom is 0.336 e. The molecule has 0 aromatic rings. The third-order valence-corrected chi connectivity index (χ3v) is 5.04. The number of quaternary nitrogens is 1. The van der Waals surface area contributed by atoms with Crippen molar-refractivity contribution in [1.82, 2.24) is 10.2 Å². The number of unbranched alkanes of at least 4 members (excludes halogenated alkanes) is 3. The predicted molar refractivity (Wildman–Crippen MR) is 124 cm³/mol. The molecule has 8 heteroatoms. The van der Waals surface area contributed by atoms with Crippen molar-refractivity contribution in [2.75, 3.05) is 46.8 Å². The van der Waals surface area contributed by atoms with Crippen molar-refractivity contribution in [3.8, 4) is 0 Å². The van der Waals surface area contributed by atoms with E-state index in [1.165, 1.54) is 6.20 Å². The minimum absolute atomic E-state index is 0.0837. The fourth-order valence-corrected chi connectivity index (χ4v) is 3.29. The zero-order valence-electron chi connectivity index (χ0n) is 19.9. The molecular weight excluding hydrogens is 396 g/mol. The van der Waals surface area contributed by atoms with Gasteiger partial charge in [-0.3, -0.25) is 9.59 Å². The van der Waals surface area contributed by atoms with Crippen molar-refractivity contribution in [1.29, 1.82) is 0 Å². The van der Waals surface area contributed by atoms with Crippen LogP contribution in [0.15, 0.2) is 23.9 Å². The SMILES string of the molecule is C=C(C[N+](C)(C)CCCN(CCC)C(=O)C(C)=CNC(=O)CCCCCCN)C(=O)O. The lowest BCUT2D eigenvalue weighted by atomic mass is 10.1. The highest BCUT2D eigenvalue weighted by Crippen LogP contribution is 2.09. The van der Waals surface area contributed by atoms with Crippen LogP contribution in [0.1, 0.15) is 58.8 Å². The third kappa shape index (κ3) is 13.7. The summed E-state index contributed by atoms with van der Waals surface area (Å²) < 4.78 is 0.495. The number of hydrogen-bond donors (Lipinski definition) is 3. The van der Waals surface area contributed by atoms with E-state index >= 15 is 0 Å². The summed E-state index contributed by atoms with van der Waals surface area (Å²) in [6.07, 6.45) is 7.33. The Hall–Kier alpha value is -2.19. The van der Waals surface area contributed by atoms with Gasteiger partial charge in [-0.2, -0.15) is 0 Å². The molecule has 0 atom stereocenters. The highest BCUT2D eigenvalue weighted by molar-refractivity contribution is 5.93. The number of carbonyl (C=O) groups excluding carboxylic acids is 2. The van der Waals surface area contributed by atoms with E-state index in [1.54, 1.807) is 11.8 Å². The molecule has 0 saturated carbocycles. The number of amides is 2. The van der Waals surface area contributed by atoms with Crippen molar-refractivity contribution in [2.45, 2.75) is 58.8 Å². The number of hydrogen-bond acceptors (Lipinski definition) is 4. The van der Waals surface area contributed by atoms with Crippen LogP contribution in [0.4, 0.5) is 0 Å². The van der Waals surface area contributed by atoms with E-state index in [9.17, 15) is 14.4 Å².